The van der Waals surface area contributed by atoms with E-state index >= 15 is 0 Å². The van der Waals surface area contributed by atoms with Gasteiger partial charge in [-0.1, -0.05) is 23.4 Å². The number of anilines is 1. The van der Waals surface area contributed by atoms with Crippen LogP contribution in [-0.4, -0.2) is 55.6 Å². The molecule has 11 nitrogen and oxygen atoms in total. The Morgan fingerprint density at radius 1 is 1.21 bits per heavy atom. The van der Waals surface area contributed by atoms with Crippen LogP contribution in [0.4, 0.5) is 5.82 Å². The third-order valence-electron chi connectivity index (χ3n) is 5.77. The standard InChI is InChI=1S/C23H24N8O3/c1-15-5-3-11-25-21(15)31(30-12-4-10-24-14-30)22(32)17-8-6-16(7-9-17)18-13-26-29(2)19(18)20-27-23(33)34-28-20/h3,5-9,11,13,24H,4,10,12,14H2,1-2H3,(H,27,28,33). The fraction of sp³-hybridized carbons (Fsp3) is 0.261. The van der Waals surface area contributed by atoms with E-state index in [1.54, 1.807) is 41.3 Å². The summed E-state index contributed by atoms with van der Waals surface area (Å²) in [5, 5.41) is 15.0. The molecule has 1 aliphatic rings. The quantitative estimate of drug-likeness (QED) is 0.463. The Bertz CT molecular complexity index is 1370. The number of pyridine rings is 1. The van der Waals surface area contributed by atoms with Crippen LogP contribution in [0.25, 0.3) is 22.6 Å². The number of H-pyrrole nitrogens is 1. The van der Waals surface area contributed by atoms with E-state index in [9.17, 15) is 9.59 Å². The van der Waals surface area contributed by atoms with Gasteiger partial charge in [0.05, 0.1) is 12.9 Å². The second-order valence-electron chi connectivity index (χ2n) is 8.05. The van der Waals surface area contributed by atoms with Crippen LogP contribution in [0.5, 0.6) is 0 Å². The molecule has 174 valence electrons. The van der Waals surface area contributed by atoms with E-state index in [0.29, 0.717) is 23.7 Å². The molecule has 1 aliphatic heterocycles. The smallest absolute Gasteiger partial charge is 0.303 e. The Balaban J connectivity index is 1.48. The first-order valence-corrected chi connectivity index (χ1v) is 10.9. The van der Waals surface area contributed by atoms with Crippen LogP contribution in [0.15, 0.2) is 58.1 Å². The zero-order valence-corrected chi connectivity index (χ0v) is 18.9. The van der Waals surface area contributed by atoms with E-state index in [2.05, 4.69) is 30.1 Å². The van der Waals surface area contributed by atoms with E-state index < -0.39 is 5.76 Å². The number of hydrazine groups is 1. The highest BCUT2D eigenvalue weighted by Gasteiger charge is 2.28. The number of benzene rings is 1. The molecule has 0 spiro atoms. The Labute approximate surface area is 195 Å². The van der Waals surface area contributed by atoms with Crippen molar-refractivity contribution >= 4 is 11.7 Å². The molecule has 0 aliphatic carbocycles. The summed E-state index contributed by atoms with van der Waals surface area (Å²) in [7, 11) is 1.75. The van der Waals surface area contributed by atoms with Gasteiger partial charge in [-0.3, -0.25) is 19.0 Å². The predicted molar refractivity (Wildman–Crippen MR) is 125 cm³/mol. The highest BCUT2D eigenvalue weighted by molar-refractivity contribution is 6.05. The summed E-state index contributed by atoms with van der Waals surface area (Å²) in [6.45, 7) is 4.18. The first-order valence-electron chi connectivity index (χ1n) is 10.9. The number of hydrogen-bond donors (Lipinski definition) is 2. The fourth-order valence-corrected chi connectivity index (χ4v) is 4.08. The predicted octanol–water partition coefficient (Wildman–Crippen LogP) is 1.95. The van der Waals surface area contributed by atoms with Gasteiger partial charge in [0.2, 0.25) is 5.82 Å². The summed E-state index contributed by atoms with van der Waals surface area (Å²) in [5.74, 6) is 0.101. The summed E-state index contributed by atoms with van der Waals surface area (Å²) in [4.78, 5) is 32.2. The molecule has 34 heavy (non-hydrogen) atoms. The van der Waals surface area contributed by atoms with Crippen molar-refractivity contribution in [2.45, 2.75) is 13.3 Å². The molecule has 0 unspecified atom stereocenters. The Kier molecular flexibility index (Phi) is 5.78. The Morgan fingerprint density at radius 2 is 2.03 bits per heavy atom. The average molecular weight is 460 g/mol. The zero-order valence-electron chi connectivity index (χ0n) is 18.9. The monoisotopic (exact) mass is 460 g/mol. The second kappa shape index (κ2) is 9.04. The number of nitrogens with one attached hydrogen (secondary N) is 2. The van der Waals surface area contributed by atoms with Gasteiger partial charge in [0, 0.05) is 30.9 Å². The van der Waals surface area contributed by atoms with Crippen molar-refractivity contribution < 1.29 is 9.32 Å². The maximum Gasteiger partial charge on any atom is 0.439 e. The summed E-state index contributed by atoms with van der Waals surface area (Å²) >= 11 is 0. The number of carbonyl (C=O) groups excluding carboxylic acids is 1. The number of aromatic amines is 1. The van der Waals surface area contributed by atoms with Crippen molar-refractivity contribution in [1.82, 2.24) is 35.2 Å². The second-order valence-corrected chi connectivity index (χ2v) is 8.05. The van der Waals surface area contributed by atoms with Crippen LogP contribution >= 0.6 is 0 Å². The SMILES string of the molecule is Cc1cccnc1N(C(=O)c1ccc(-c2cnn(C)c2-c2noc(=O)[nH]2)cc1)N1CCCNC1. The minimum atomic E-state index is -0.639. The Morgan fingerprint density at radius 3 is 2.71 bits per heavy atom. The molecule has 0 atom stereocenters. The molecule has 11 heteroatoms. The minimum Gasteiger partial charge on any atom is -0.303 e. The molecule has 2 N–H and O–H groups in total. The molecule has 4 aromatic rings. The van der Waals surface area contributed by atoms with Crippen molar-refractivity contribution in [1.29, 1.82) is 0 Å². The third kappa shape index (κ3) is 4.02. The molecule has 1 aromatic carbocycles. The van der Waals surface area contributed by atoms with E-state index in [4.69, 9.17) is 0 Å². The van der Waals surface area contributed by atoms with Crippen molar-refractivity contribution in [3.63, 3.8) is 0 Å². The molecule has 0 radical (unpaired) electrons. The number of carbonyl (C=O) groups is 1. The van der Waals surface area contributed by atoms with Crippen LogP contribution in [-0.2, 0) is 7.05 Å². The van der Waals surface area contributed by atoms with Gasteiger partial charge in [0.15, 0.2) is 5.82 Å². The molecule has 1 saturated heterocycles. The van der Waals surface area contributed by atoms with Crippen molar-refractivity contribution in [3.05, 3.63) is 70.5 Å². The van der Waals surface area contributed by atoms with Crippen molar-refractivity contribution in [2.24, 2.45) is 7.05 Å². The zero-order chi connectivity index (χ0) is 23.7. The van der Waals surface area contributed by atoms with Gasteiger partial charge in [0.1, 0.15) is 5.69 Å². The minimum absolute atomic E-state index is 0.163. The van der Waals surface area contributed by atoms with Gasteiger partial charge < -0.3 is 5.32 Å². The van der Waals surface area contributed by atoms with Gasteiger partial charge in [0.25, 0.3) is 5.91 Å². The topological polar surface area (TPSA) is 125 Å². The first-order chi connectivity index (χ1) is 16.5. The number of rotatable bonds is 5. The maximum atomic E-state index is 13.7. The van der Waals surface area contributed by atoms with Gasteiger partial charge in [-0.05, 0) is 49.2 Å². The number of amides is 1. The highest BCUT2D eigenvalue weighted by Crippen LogP contribution is 2.30. The lowest BCUT2D eigenvalue weighted by atomic mass is 10.0. The Hall–Kier alpha value is -4.09. The molecule has 0 saturated carbocycles. The van der Waals surface area contributed by atoms with Crippen molar-refractivity contribution in [3.8, 4) is 22.6 Å². The molecule has 4 heterocycles. The van der Waals surface area contributed by atoms with Crippen LogP contribution in [0.3, 0.4) is 0 Å². The van der Waals surface area contributed by atoms with Crippen molar-refractivity contribution in [2.75, 3.05) is 24.8 Å². The number of aromatic nitrogens is 5. The number of aryl methyl sites for hydroxylation is 2. The molecule has 5 rings (SSSR count). The molecule has 1 amide bonds. The molecular formula is C23H24N8O3. The lowest BCUT2D eigenvalue weighted by Gasteiger charge is -2.37. The van der Waals surface area contributed by atoms with E-state index in [1.165, 1.54) is 0 Å². The van der Waals surface area contributed by atoms with Crippen LogP contribution in [0, 0.1) is 6.92 Å². The van der Waals surface area contributed by atoms with Gasteiger partial charge >= 0.3 is 5.76 Å². The third-order valence-corrected chi connectivity index (χ3v) is 5.77. The van der Waals surface area contributed by atoms with Crippen LogP contribution in [0.1, 0.15) is 22.3 Å². The van der Waals surface area contributed by atoms with E-state index in [1.807, 2.05) is 36.2 Å². The maximum absolute atomic E-state index is 13.7. The van der Waals surface area contributed by atoms with Gasteiger partial charge in [-0.25, -0.2) is 14.8 Å². The summed E-state index contributed by atoms with van der Waals surface area (Å²) in [6.07, 6.45) is 4.31. The van der Waals surface area contributed by atoms with Crippen LogP contribution < -0.4 is 16.1 Å². The lowest BCUT2D eigenvalue weighted by Crippen LogP contribution is -2.54. The van der Waals surface area contributed by atoms with E-state index in [0.717, 1.165) is 36.2 Å². The molecular weight excluding hydrogens is 436 g/mol. The number of hydrogen-bond acceptors (Lipinski definition) is 8. The largest absolute Gasteiger partial charge is 0.439 e. The van der Waals surface area contributed by atoms with E-state index in [-0.39, 0.29) is 11.7 Å². The number of nitrogens with zero attached hydrogens (tertiary/aromatic N) is 6. The van der Waals surface area contributed by atoms with Crippen LogP contribution in [0.2, 0.25) is 0 Å². The first kappa shape index (κ1) is 21.7. The average Bonchev–Trinajstić information content (AvgIpc) is 3.46. The summed E-state index contributed by atoms with van der Waals surface area (Å²) < 4.78 is 6.26. The van der Waals surface area contributed by atoms with Gasteiger partial charge in [-0.15, -0.1) is 0 Å². The van der Waals surface area contributed by atoms with Gasteiger partial charge in [-0.2, -0.15) is 10.1 Å². The fourth-order valence-electron chi connectivity index (χ4n) is 4.08. The molecule has 0 bridgehead atoms. The molecule has 1 fully saturated rings. The summed E-state index contributed by atoms with van der Waals surface area (Å²) in [5.41, 5.74) is 3.63. The summed E-state index contributed by atoms with van der Waals surface area (Å²) in [6, 6.07) is 11.1. The lowest BCUT2D eigenvalue weighted by molar-refractivity contribution is 0.0860. The normalized spacial score (nSPS) is 14.3. The molecule has 3 aromatic heterocycles. The highest BCUT2D eigenvalue weighted by atomic mass is 16.5.